The van der Waals surface area contributed by atoms with Crippen LogP contribution in [-0.2, 0) is 13.0 Å². The first-order valence-electron chi connectivity index (χ1n) is 7.13. The van der Waals surface area contributed by atoms with Crippen LogP contribution in [0, 0.1) is 0 Å². The summed E-state index contributed by atoms with van der Waals surface area (Å²) in [6.07, 6.45) is 2.81. The van der Waals surface area contributed by atoms with E-state index in [1.54, 1.807) is 0 Å². The molecule has 3 rings (SSSR count). The van der Waals surface area contributed by atoms with Crippen LogP contribution in [0.2, 0.25) is 0 Å². The first-order chi connectivity index (χ1) is 9.79. The standard InChI is InChI=1S/C15H20N4O.ClH/c16-13-6-8-19(9-7-13)11-15-17-14(18-20-15)10-12-4-2-1-3-5-12;/h1-5,13H,6-11,16H2;1H. The first kappa shape index (κ1) is 15.9. The Morgan fingerprint density at radius 1 is 1.19 bits per heavy atom. The molecule has 0 atom stereocenters. The van der Waals surface area contributed by atoms with Crippen LogP contribution in [0.25, 0.3) is 0 Å². The summed E-state index contributed by atoms with van der Waals surface area (Å²) in [4.78, 5) is 6.79. The Hall–Kier alpha value is -1.43. The van der Waals surface area contributed by atoms with Gasteiger partial charge in [0.15, 0.2) is 5.82 Å². The van der Waals surface area contributed by atoms with Gasteiger partial charge in [-0.1, -0.05) is 35.5 Å². The number of hydrogen-bond donors (Lipinski definition) is 1. The first-order valence-corrected chi connectivity index (χ1v) is 7.13. The molecule has 114 valence electrons. The zero-order valence-electron chi connectivity index (χ0n) is 11.9. The van der Waals surface area contributed by atoms with Crippen LogP contribution in [0.4, 0.5) is 0 Å². The second-order valence-electron chi connectivity index (χ2n) is 5.38. The van der Waals surface area contributed by atoms with Crippen LogP contribution in [0.1, 0.15) is 30.1 Å². The van der Waals surface area contributed by atoms with Crippen molar-refractivity contribution in [3.8, 4) is 0 Å². The number of aromatic nitrogens is 2. The largest absolute Gasteiger partial charge is 0.338 e. The van der Waals surface area contributed by atoms with Crippen LogP contribution >= 0.6 is 12.4 Å². The summed E-state index contributed by atoms with van der Waals surface area (Å²) in [5.74, 6) is 1.45. The van der Waals surface area contributed by atoms with Crippen LogP contribution < -0.4 is 5.73 Å². The second-order valence-corrected chi connectivity index (χ2v) is 5.38. The Labute approximate surface area is 130 Å². The van der Waals surface area contributed by atoms with Gasteiger partial charge < -0.3 is 10.3 Å². The van der Waals surface area contributed by atoms with Gasteiger partial charge in [0.05, 0.1) is 6.54 Å². The summed E-state index contributed by atoms with van der Waals surface area (Å²) in [5.41, 5.74) is 7.10. The quantitative estimate of drug-likeness (QED) is 0.935. The summed E-state index contributed by atoms with van der Waals surface area (Å²) in [6, 6.07) is 10.5. The van der Waals surface area contributed by atoms with E-state index >= 15 is 0 Å². The van der Waals surface area contributed by atoms with Crippen LogP contribution in [0.15, 0.2) is 34.9 Å². The molecular weight excluding hydrogens is 288 g/mol. The van der Waals surface area contributed by atoms with E-state index in [1.807, 2.05) is 18.2 Å². The molecule has 1 saturated heterocycles. The molecule has 0 amide bonds. The third-order valence-corrected chi connectivity index (χ3v) is 3.71. The predicted molar refractivity (Wildman–Crippen MR) is 83.3 cm³/mol. The molecule has 0 saturated carbocycles. The summed E-state index contributed by atoms with van der Waals surface area (Å²) >= 11 is 0. The lowest BCUT2D eigenvalue weighted by molar-refractivity contribution is 0.182. The van der Waals surface area contributed by atoms with E-state index in [2.05, 4.69) is 27.2 Å². The Bertz CT molecular complexity index is 538. The smallest absolute Gasteiger partial charge is 0.240 e. The fourth-order valence-corrected chi connectivity index (χ4v) is 2.51. The van der Waals surface area contributed by atoms with Crippen molar-refractivity contribution in [2.75, 3.05) is 13.1 Å². The molecule has 1 aliphatic rings. The van der Waals surface area contributed by atoms with E-state index in [0.717, 1.165) is 44.7 Å². The van der Waals surface area contributed by atoms with Crippen molar-refractivity contribution in [2.24, 2.45) is 5.73 Å². The van der Waals surface area contributed by atoms with Crippen LogP contribution in [0.5, 0.6) is 0 Å². The van der Waals surface area contributed by atoms with Crippen LogP contribution in [-0.4, -0.2) is 34.2 Å². The summed E-state index contributed by atoms with van der Waals surface area (Å²) in [6.45, 7) is 2.75. The highest BCUT2D eigenvalue weighted by Crippen LogP contribution is 2.12. The molecule has 0 radical (unpaired) electrons. The third-order valence-electron chi connectivity index (χ3n) is 3.71. The number of nitrogens with two attached hydrogens (primary N) is 1. The maximum absolute atomic E-state index is 5.90. The number of nitrogens with zero attached hydrogens (tertiary/aromatic N) is 3. The maximum Gasteiger partial charge on any atom is 0.240 e. The number of likely N-dealkylation sites (tertiary alicyclic amines) is 1. The van der Waals surface area contributed by atoms with E-state index in [-0.39, 0.29) is 12.4 Å². The number of rotatable bonds is 4. The molecule has 5 nitrogen and oxygen atoms in total. The Kier molecular flexibility index (Phi) is 5.73. The van der Waals surface area contributed by atoms with Crippen molar-refractivity contribution in [2.45, 2.75) is 31.8 Å². The van der Waals surface area contributed by atoms with E-state index < -0.39 is 0 Å². The lowest BCUT2D eigenvalue weighted by Gasteiger charge is -2.28. The Morgan fingerprint density at radius 2 is 1.90 bits per heavy atom. The highest BCUT2D eigenvalue weighted by Gasteiger charge is 2.18. The minimum Gasteiger partial charge on any atom is -0.338 e. The number of benzene rings is 1. The zero-order chi connectivity index (χ0) is 13.8. The number of halogens is 1. The number of hydrogen-bond acceptors (Lipinski definition) is 5. The highest BCUT2D eigenvalue weighted by molar-refractivity contribution is 5.85. The second kappa shape index (κ2) is 7.54. The van der Waals surface area contributed by atoms with Gasteiger partial charge in [0.1, 0.15) is 0 Å². The SMILES string of the molecule is Cl.NC1CCN(Cc2nc(Cc3ccccc3)no2)CC1. The summed E-state index contributed by atoms with van der Waals surface area (Å²) in [5, 5.41) is 4.05. The predicted octanol–water partition coefficient (Wildman–Crippen LogP) is 2.01. The van der Waals surface area contributed by atoms with E-state index in [9.17, 15) is 0 Å². The molecule has 1 fully saturated rings. The van der Waals surface area contributed by atoms with Gasteiger partial charge in [-0.25, -0.2) is 0 Å². The molecule has 0 spiro atoms. The molecule has 1 aliphatic heterocycles. The normalized spacial score (nSPS) is 16.6. The minimum absolute atomic E-state index is 0. The zero-order valence-corrected chi connectivity index (χ0v) is 12.8. The molecule has 1 aromatic heterocycles. The third kappa shape index (κ3) is 4.52. The van der Waals surface area contributed by atoms with Gasteiger partial charge in [0.2, 0.25) is 5.89 Å². The molecule has 1 aromatic carbocycles. The average molecular weight is 309 g/mol. The van der Waals surface area contributed by atoms with E-state index in [4.69, 9.17) is 10.3 Å². The van der Waals surface area contributed by atoms with Gasteiger partial charge >= 0.3 is 0 Å². The molecular formula is C15H21ClN4O. The van der Waals surface area contributed by atoms with Gasteiger partial charge in [-0.05, 0) is 18.4 Å². The topological polar surface area (TPSA) is 68.2 Å². The Morgan fingerprint density at radius 3 is 2.62 bits per heavy atom. The van der Waals surface area contributed by atoms with Gasteiger partial charge in [-0.2, -0.15) is 4.98 Å². The molecule has 0 unspecified atom stereocenters. The van der Waals surface area contributed by atoms with Gasteiger partial charge in [-0.3, -0.25) is 4.90 Å². The van der Waals surface area contributed by atoms with E-state index in [0.29, 0.717) is 11.9 Å². The number of piperidine rings is 1. The molecule has 6 heteroatoms. The van der Waals surface area contributed by atoms with Crippen molar-refractivity contribution in [3.05, 3.63) is 47.6 Å². The van der Waals surface area contributed by atoms with Gasteiger partial charge in [-0.15, -0.1) is 12.4 Å². The van der Waals surface area contributed by atoms with Crippen molar-refractivity contribution < 1.29 is 4.52 Å². The highest BCUT2D eigenvalue weighted by atomic mass is 35.5. The average Bonchev–Trinajstić information content (AvgIpc) is 2.90. The van der Waals surface area contributed by atoms with Crippen molar-refractivity contribution in [1.29, 1.82) is 0 Å². The van der Waals surface area contributed by atoms with E-state index in [1.165, 1.54) is 5.56 Å². The van der Waals surface area contributed by atoms with Gasteiger partial charge in [0, 0.05) is 25.6 Å². The van der Waals surface area contributed by atoms with Gasteiger partial charge in [0.25, 0.3) is 0 Å². The van der Waals surface area contributed by atoms with Crippen molar-refractivity contribution in [1.82, 2.24) is 15.0 Å². The molecule has 0 bridgehead atoms. The fraction of sp³-hybridized carbons (Fsp3) is 0.467. The summed E-state index contributed by atoms with van der Waals surface area (Å²) in [7, 11) is 0. The molecule has 2 N–H and O–H groups in total. The summed E-state index contributed by atoms with van der Waals surface area (Å²) < 4.78 is 5.33. The molecule has 21 heavy (non-hydrogen) atoms. The lowest BCUT2D eigenvalue weighted by Crippen LogP contribution is -2.39. The fourth-order valence-electron chi connectivity index (χ4n) is 2.51. The molecule has 0 aliphatic carbocycles. The lowest BCUT2D eigenvalue weighted by atomic mass is 10.1. The molecule has 2 aromatic rings. The minimum atomic E-state index is 0. The molecule has 2 heterocycles. The van der Waals surface area contributed by atoms with Crippen molar-refractivity contribution in [3.63, 3.8) is 0 Å². The van der Waals surface area contributed by atoms with Crippen LogP contribution in [0.3, 0.4) is 0 Å². The Balaban J connectivity index is 0.00000161. The van der Waals surface area contributed by atoms with Crippen molar-refractivity contribution >= 4 is 12.4 Å². The monoisotopic (exact) mass is 308 g/mol. The maximum atomic E-state index is 5.90.